The van der Waals surface area contributed by atoms with Crippen molar-refractivity contribution in [3.63, 3.8) is 0 Å². The van der Waals surface area contributed by atoms with Crippen LogP contribution in [0.3, 0.4) is 0 Å². The van der Waals surface area contributed by atoms with E-state index in [9.17, 15) is 4.79 Å². The Hall–Kier alpha value is -3.86. The third-order valence-electron chi connectivity index (χ3n) is 5.82. The van der Waals surface area contributed by atoms with E-state index >= 15 is 0 Å². The summed E-state index contributed by atoms with van der Waals surface area (Å²) in [6.07, 6.45) is 0. The van der Waals surface area contributed by atoms with Gasteiger partial charge in [0.1, 0.15) is 0 Å². The molecule has 0 aliphatic heterocycles. The van der Waals surface area contributed by atoms with Crippen molar-refractivity contribution in [1.29, 1.82) is 0 Å². The lowest BCUT2D eigenvalue weighted by Gasteiger charge is -2.15. The highest BCUT2D eigenvalue weighted by Crippen LogP contribution is 2.33. The Morgan fingerprint density at radius 3 is 2.39 bits per heavy atom. The number of pyridine rings is 1. The van der Waals surface area contributed by atoms with Crippen molar-refractivity contribution in [3.8, 4) is 22.8 Å². The number of ether oxygens (including phenoxy) is 2. The first-order valence-corrected chi connectivity index (χ1v) is 11.0. The lowest BCUT2D eigenvalue weighted by molar-refractivity contribution is 0.102. The normalized spacial score (nSPS) is 11.0. The summed E-state index contributed by atoms with van der Waals surface area (Å²) in [4.78, 5) is 18.3. The number of hydrogen-bond acceptors (Lipinski definition) is 4. The molecule has 0 atom stereocenters. The molecule has 0 spiro atoms. The highest BCUT2D eigenvalue weighted by molar-refractivity contribution is 6.13. The van der Waals surface area contributed by atoms with Gasteiger partial charge in [0.05, 0.1) is 31.0 Å². The predicted molar refractivity (Wildman–Crippen MR) is 134 cm³/mol. The molecule has 3 aromatic carbocycles. The van der Waals surface area contributed by atoms with Crippen LogP contribution in [-0.4, -0.2) is 25.1 Å². The van der Waals surface area contributed by atoms with Gasteiger partial charge in [-0.25, -0.2) is 4.98 Å². The average molecular weight is 441 g/mol. The Kier molecular flexibility index (Phi) is 6.31. The van der Waals surface area contributed by atoms with Gasteiger partial charge in [0, 0.05) is 16.6 Å². The second-order valence-corrected chi connectivity index (χ2v) is 8.33. The summed E-state index contributed by atoms with van der Waals surface area (Å²) in [6, 6.07) is 21.3. The van der Waals surface area contributed by atoms with Crippen LogP contribution < -0.4 is 14.8 Å². The van der Waals surface area contributed by atoms with Crippen molar-refractivity contribution in [3.05, 3.63) is 83.4 Å². The lowest BCUT2D eigenvalue weighted by atomic mass is 10.00. The van der Waals surface area contributed by atoms with Crippen LogP contribution in [0, 0.1) is 6.92 Å². The molecule has 4 aromatic rings. The third-order valence-corrected chi connectivity index (χ3v) is 5.82. The number of para-hydroxylation sites is 1. The summed E-state index contributed by atoms with van der Waals surface area (Å²) in [5, 5.41) is 3.92. The number of carbonyl (C=O) groups excluding carboxylic acids is 1. The number of benzene rings is 3. The molecule has 1 amide bonds. The number of anilines is 1. The minimum absolute atomic E-state index is 0.167. The maximum atomic E-state index is 13.5. The number of aromatic nitrogens is 1. The first-order chi connectivity index (χ1) is 15.9. The quantitative estimate of drug-likeness (QED) is 0.367. The van der Waals surface area contributed by atoms with Crippen LogP contribution in [0.5, 0.6) is 11.5 Å². The molecule has 0 saturated carbocycles. The molecule has 33 heavy (non-hydrogen) atoms. The van der Waals surface area contributed by atoms with E-state index in [2.05, 4.69) is 31.3 Å². The van der Waals surface area contributed by atoms with Gasteiger partial charge in [0.25, 0.3) is 5.91 Å². The fourth-order valence-corrected chi connectivity index (χ4v) is 3.83. The number of nitrogens with one attached hydrogen (secondary N) is 1. The van der Waals surface area contributed by atoms with Crippen LogP contribution in [0.4, 0.5) is 5.69 Å². The van der Waals surface area contributed by atoms with Crippen molar-refractivity contribution in [1.82, 2.24) is 4.98 Å². The number of aryl methyl sites for hydroxylation is 1. The van der Waals surface area contributed by atoms with Crippen molar-refractivity contribution in [2.75, 3.05) is 19.5 Å². The van der Waals surface area contributed by atoms with E-state index in [0.717, 1.165) is 27.7 Å². The van der Waals surface area contributed by atoms with Crippen LogP contribution >= 0.6 is 0 Å². The molecular weight excluding hydrogens is 412 g/mol. The number of hydrogen-bond donors (Lipinski definition) is 1. The van der Waals surface area contributed by atoms with Crippen LogP contribution in [0.15, 0.2) is 66.7 Å². The molecule has 1 aromatic heterocycles. The summed E-state index contributed by atoms with van der Waals surface area (Å²) < 4.78 is 10.8. The van der Waals surface area contributed by atoms with Gasteiger partial charge >= 0.3 is 0 Å². The average Bonchev–Trinajstić information content (AvgIpc) is 2.83. The minimum Gasteiger partial charge on any atom is -0.493 e. The molecule has 1 heterocycles. The van der Waals surface area contributed by atoms with Crippen LogP contribution in [0.25, 0.3) is 22.2 Å². The van der Waals surface area contributed by atoms with Gasteiger partial charge in [-0.1, -0.05) is 44.2 Å². The van der Waals surface area contributed by atoms with E-state index in [1.807, 2.05) is 61.5 Å². The van der Waals surface area contributed by atoms with Gasteiger partial charge in [0.15, 0.2) is 11.5 Å². The van der Waals surface area contributed by atoms with E-state index < -0.39 is 0 Å². The van der Waals surface area contributed by atoms with E-state index in [1.165, 1.54) is 5.56 Å². The Labute approximate surface area is 194 Å². The Balaban J connectivity index is 1.80. The molecule has 0 saturated heterocycles. The molecular formula is C28H28N2O3. The summed E-state index contributed by atoms with van der Waals surface area (Å²) >= 11 is 0. The number of rotatable bonds is 6. The molecule has 0 aliphatic carbocycles. The van der Waals surface area contributed by atoms with E-state index in [1.54, 1.807) is 14.2 Å². The van der Waals surface area contributed by atoms with Gasteiger partial charge in [-0.05, 0) is 60.4 Å². The van der Waals surface area contributed by atoms with Gasteiger partial charge in [-0.3, -0.25) is 4.79 Å². The number of nitrogens with zero attached hydrogens (tertiary/aromatic N) is 1. The molecule has 0 radical (unpaired) electrons. The number of amides is 1. The smallest absolute Gasteiger partial charge is 0.256 e. The molecule has 0 bridgehead atoms. The highest BCUT2D eigenvalue weighted by Gasteiger charge is 2.16. The number of methoxy groups -OCH3 is 2. The van der Waals surface area contributed by atoms with Gasteiger partial charge < -0.3 is 14.8 Å². The fraction of sp³-hybridized carbons (Fsp3) is 0.214. The topological polar surface area (TPSA) is 60.5 Å². The van der Waals surface area contributed by atoms with Crippen LogP contribution in [0.2, 0.25) is 0 Å². The van der Waals surface area contributed by atoms with E-state index in [-0.39, 0.29) is 5.91 Å². The van der Waals surface area contributed by atoms with Crippen molar-refractivity contribution < 1.29 is 14.3 Å². The molecule has 4 rings (SSSR count). The van der Waals surface area contributed by atoms with E-state index in [0.29, 0.717) is 28.7 Å². The summed E-state index contributed by atoms with van der Waals surface area (Å²) in [5.41, 5.74) is 5.87. The Morgan fingerprint density at radius 1 is 0.909 bits per heavy atom. The molecule has 168 valence electrons. The van der Waals surface area contributed by atoms with Crippen LogP contribution in [0.1, 0.15) is 41.3 Å². The SMILES string of the molecule is COc1ccc(-c2cc(C(=O)Nc3cc(C(C)C)ccc3C)c3ccccc3n2)cc1OC. The minimum atomic E-state index is -0.167. The largest absolute Gasteiger partial charge is 0.493 e. The van der Waals surface area contributed by atoms with Gasteiger partial charge in [-0.15, -0.1) is 0 Å². The molecule has 5 heteroatoms. The Morgan fingerprint density at radius 2 is 1.67 bits per heavy atom. The van der Waals surface area contributed by atoms with Crippen molar-refractivity contribution >= 4 is 22.5 Å². The van der Waals surface area contributed by atoms with Gasteiger partial charge in [-0.2, -0.15) is 0 Å². The summed E-state index contributed by atoms with van der Waals surface area (Å²) in [5.74, 6) is 1.46. The van der Waals surface area contributed by atoms with Crippen molar-refractivity contribution in [2.24, 2.45) is 0 Å². The maximum absolute atomic E-state index is 13.5. The summed E-state index contributed by atoms with van der Waals surface area (Å²) in [6.45, 7) is 6.28. The molecule has 0 unspecified atom stereocenters. The number of carbonyl (C=O) groups is 1. The first-order valence-electron chi connectivity index (χ1n) is 11.0. The zero-order valence-electron chi connectivity index (χ0n) is 19.6. The van der Waals surface area contributed by atoms with Crippen LogP contribution in [-0.2, 0) is 0 Å². The molecule has 0 aliphatic rings. The number of fused-ring (bicyclic) bond motifs is 1. The van der Waals surface area contributed by atoms with E-state index in [4.69, 9.17) is 14.5 Å². The summed E-state index contributed by atoms with van der Waals surface area (Å²) in [7, 11) is 3.20. The second-order valence-electron chi connectivity index (χ2n) is 8.33. The fourth-order valence-electron chi connectivity index (χ4n) is 3.83. The predicted octanol–water partition coefficient (Wildman–Crippen LogP) is 6.60. The molecule has 5 nitrogen and oxygen atoms in total. The second kappa shape index (κ2) is 9.33. The zero-order chi connectivity index (χ0) is 23.5. The monoisotopic (exact) mass is 440 g/mol. The molecule has 0 fully saturated rings. The Bertz CT molecular complexity index is 1330. The molecule has 1 N–H and O–H groups in total. The third kappa shape index (κ3) is 4.53. The first kappa shape index (κ1) is 22.3. The van der Waals surface area contributed by atoms with Gasteiger partial charge in [0.2, 0.25) is 0 Å². The highest BCUT2D eigenvalue weighted by atomic mass is 16.5. The van der Waals surface area contributed by atoms with Crippen molar-refractivity contribution in [2.45, 2.75) is 26.7 Å². The standard InChI is InChI=1S/C28H28N2O3/c1-17(2)19-11-10-18(3)24(14-19)30-28(31)22-16-25(29-23-9-7-6-8-21(22)23)20-12-13-26(32-4)27(15-20)33-5/h6-17H,1-5H3,(H,30,31). The maximum Gasteiger partial charge on any atom is 0.256 e. The zero-order valence-corrected chi connectivity index (χ0v) is 19.6. The lowest BCUT2D eigenvalue weighted by Crippen LogP contribution is -2.14.